The fourth-order valence-corrected chi connectivity index (χ4v) is 3.69. The van der Waals surface area contributed by atoms with Gasteiger partial charge in [-0.05, 0) is 37.8 Å². The Morgan fingerprint density at radius 1 is 1.11 bits per heavy atom. The maximum absolute atomic E-state index is 12.4. The number of pyridine rings is 1. The van der Waals surface area contributed by atoms with Crippen molar-refractivity contribution in [2.75, 3.05) is 18.4 Å². The van der Waals surface area contributed by atoms with Crippen LogP contribution < -0.4 is 16.0 Å². The molecule has 10 heteroatoms. The Balaban J connectivity index is 1.57. The second-order valence-corrected chi connectivity index (χ2v) is 7.34. The van der Waals surface area contributed by atoms with Crippen molar-refractivity contribution in [3.8, 4) is 0 Å². The van der Waals surface area contributed by atoms with Crippen LogP contribution in [0.1, 0.15) is 47.8 Å². The Bertz CT molecular complexity index is 886. The number of aromatic amines is 1. The number of carbonyl (C=O) groups excluding carboxylic acids is 2. The van der Waals surface area contributed by atoms with Crippen LogP contribution in [0.2, 0.25) is 5.02 Å². The summed E-state index contributed by atoms with van der Waals surface area (Å²) >= 11 is 6.12. The molecule has 9 nitrogen and oxygen atoms in total. The molecular weight excluding hydrogens is 384 g/mol. The Morgan fingerprint density at radius 2 is 1.96 bits per heavy atom. The number of rotatable bonds is 0. The minimum Gasteiger partial charge on any atom is -0.446 e. The molecule has 2 amide bonds. The number of amides is 2. The molecule has 0 spiro atoms. The summed E-state index contributed by atoms with van der Waals surface area (Å²) in [6, 6.07) is 5.23. The fraction of sp³-hybridized carbons (Fsp3) is 0.444. The normalized spacial score (nSPS) is 22.9. The fourth-order valence-electron chi connectivity index (χ4n) is 3.50. The average Bonchev–Trinajstić information content (AvgIpc) is 3.31. The lowest BCUT2D eigenvalue weighted by molar-refractivity contribution is 0.0948. The summed E-state index contributed by atoms with van der Waals surface area (Å²) in [5, 5.41) is 16.1. The number of nitrogens with one attached hydrogen (secondary N) is 4. The topological polar surface area (TPSA) is 121 Å². The van der Waals surface area contributed by atoms with Gasteiger partial charge < -0.3 is 20.7 Å². The Kier molecular flexibility index (Phi) is 5.34. The predicted molar refractivity (Wildman–Crippen MR) is 103 cm³/mol. The smallest absolute Gasteiger partial charge is 0.407 e. The lowest BCUT2D eigenvalue weighted by atomic mass is 10.0. The number of alkyl carbamates (subject to hydrolysis) is 1. The molecule has 2 aliphatic rings. The highest BCUT2D eigenvalue weighted by Gasteiger charge is 2.30. The van der Waals surface area contributed by atoms with Crippen LogP contribution in [0.5, 0.6) is 0 Å². The van der Waals surface area contributed by atoms with E-state index in [0.717, 1.165) is 25.0 Å². The number of halogens is 1. The molecule has 28 heavy (non-hydrogen) atoms. The van der Waals surface area contributed by atoms with Crippen LogP contribution >= 0.6 is 11.6 Å². The monoisotopic (exact) mass is 404 g/mol. The van der Waals surface area contributed by atoms with E-state index in [-0.39, 0.29) is 28.6 Å². The maximum Gasteiger partial charge on any atom is 0.407 e. The molecule has 1 aliphatic heterocycles. The number of fused-ring (bicyclic) bond motifs is 7. The minimum absolute atomic E-state index is 0.108. The van der Waals surface area contributed by atoms with Gasteiger partial charge in [-0.15, -0.1) is 0 Å². The summed E-state index contributed by atoms with van der Waals surface area (Å²) in [6.07, 6.45) is 2.52. The van der Waals surface area contributed by atoms with E-state index in [4.69, 9.17) is 16.3 Å². The van der Waals surface area contributed by atoms with Crippen LogP contribution in [0.4, 0.5) is 16.4 Å². The zero-order valence-corrected chi connectivity index (χ0v) is 15.9. The van der Waals surface area contributed by atoms with E-state index in [9.17, 15) is 9.59 Å². The third-order valence-electron chi connectivity index (χ3n) is 4.92. The van der Waals surface area contributed by atoms with Crippen molar-refractivity contribution in [2.24, 2.45) is 0 Å². The van der Waals surface area contributed by atoms with Gasteiger partial charge >= 0.3 is 6.09 Å². The molecule has 1 aliphatic carbocycles. The van der Waals surface area contributed by atoms with Gasteiger partial charge in [0.2, 0.25) is 0 Å². The number of carbonyl (C=O) groups is 2. The summed E-state index contributed by atoms with van der Waals surface area (Å²) in [5.74, 6) is 0.949. The maximum atomic E-state index is 12.4. The Morgan fingerprint density at radius 3 is 2.86 bits per heavy atom. The van der Waals surface area contributed by atoms with Gasteiger partial charge in [0.1, 0.15) is 17.6 Å². The highest BCUT2D eigenvalue weighted by molar-refractivity contribution is 6.33. The lowest BCUT2D eigenvalue weighted by Crippen LogP contribution is -2.32. The van der Waals surface area contributed by atoms with Crippen LogP contribution in [0.15, 0.2) is 18.2 Å². The molecule has 6 bridgehead atoms. The van der Waals surface area contributed by atoms with Crippen molar-refractivity contribution in [1.29, 1.82) is 0 Å². The van der Waals surface area contributed by atoms with E-state index in [1.165, 1.54) is 0 Å². The number of hydrogen-bond donors (Lipinski definition) is 4. The second-order valence-electron chi connectivity index (χ2n) is 6.93. The quantitative estimate of drug-likeness (QED) is 0.535. The van der Waals surface area contributed by atoms with Gasteiger partial charge in [-0.3, -0.25) is 9.89 Å². The molecule has 1 fully saturated rings. The Labute approximate surface area is 166 Å². The molecule has 1 saturated carbocycles. The van der Waals surface area contributed by atoms with Crippen LogP contribution in [0, 0.1) is 0 Å². The third kappa shape index (κ3) is 4.19. The summed E-state index contributed by atoms with van der Waals surface area (Å²) in [6.45, 7) is 0.783. The highest BCUT2D eigenvalue weighted by Crippen LogP contribution is 2.36. The van der Waals surface area contributed by atoms with Gasteiger partial charge in [-0.2, -0.15) is 5.10 Å². The van der Waals surface area contributed by atoms with Gasteiger partial charge in [0.15, 0.2) is 5.82 Å². The summed E-state index contributed by atoms with van der Waals surface area (Å²) in [4.78, 5) is 28.6. The first-order valence-electron chi connectivity index (χ1n) is 9.30. The zero-order chi connectivity index (χ0) is 19.5. The summed E-state index contributed by atoms with van der Waals surface area (Å²) in [7, 11) is 0. The minimum atomic E-state index is -0.428. The number of ether oxygens (including phenoxy) is 1. The Hall–Kier alpha value is -2.81. The van der Waals surface area contributed by atoms with Crippen molar-refractivity contribution in [1.82, 2.24) is 25.8 Å². The standard InChI is InChI=1S/C18H21ClN6O3/c19-12-4-5-14-22-15-9-13(24-25-15)10-2-3-11(8-10)28-18(27)21-7-1-6-20-17(26)16(12)23-14/h4-5,9-11H,1-3,6-8H2,(H,20,26)(H,21,27)(H2,22,23,24,25)/t10-,11+/m0/s1. The molecule has 2 aromatic rings. The molecule has 4 N–H and O–H groups in total. The molecule has 0 radical (unpaired) electrons. The molecule has 3 heterocycles. The van der Waals surface area contributed by atoms with Crippen LogP contribution in [-0.2, 0) is 4.74 Å². The number of anilines is 2. The number of hydrogen-bond acceptors (Lipinski definition) is 6. The molecule has 2 atom stereocenters. The van der Waals surface area contributed by atoms with Gasteiger partial charge in [0, 0.05) is 30.8 Å². The van der Waals surface area contributed by atoms with E-state index in [0.29, 0.717) is 31.1 Å². The van der Waals surface area contributed by atoms with Gasteiger partial charge in [0.25, 0.3) is 5.91 Å². The molecule has 0 saturated heterocycles. The van der Waals surface area contributed by atoms with Crippen molar-refractivity contribution < 1.29 is 14.3 Å². The SMILES string of the molecule is O=C1NCCCNC(=O)c2nc(ccc2Cl)Nc2cc([nH]n2)[C@H]2CC[C@H](C2)O1. The van der Waals surface area contributed by atoms with Crippen LogP contribution in [0.3, 0.4) is 0 Å². The van der Waals surface area contributed by atoms with Crippen molar-refractivity contribution in [3.63, 3.8) is 0 Å². The van der Waals surface area contributed by atoms with Gasteiger partial charge in [-0.25, -0.2) is 9.78 Å². The number of nitrogens with zero attached hydrogens (tertiary/aromatic N) is 2. The van der Waals surface area contributed by atoms with Crippen molar-refractivity contribution in [2.45, 2.75) is 37.7 Å². The highest BCUT2D eigenvalue weighted by atomic mass is 35.5. The lowest BCUT2D eigenvalue weighted by Gasteiger charge is -2.13. The molecule has 148 valence electrons. The zero-order valence-electron chi connectivity index (χ0n) is 15.1. The first-order chi connectivity index (χ1) is 13.6. The molecule has 4 rings (SSSR count). The van der Waals surface area contributed by atoms with E-state index in [1.807, 2.05) is 6.07 Å². The van der Waals surface area contributed by atoms with E-state index in [1.54, 1.807) is 12.1 Å². The van der Waals surface area contributed by atoms with Crippen molar-refractivity contribution >= 4 is 35.2 Å². The number of H-pyrrole nitrogens is 1. The van der Waals surface area contributed by atoms with Crippen LogP contribution in [0.25, 0.3) is 0 Å². The van der Waals surface area contributed by atoms with E-state index in [2.05, 4.69) is 31.1 Å². The largest absolute Gasteiger partial charge is 0.446 e. The number of aromatic nitrogens is 3. The summed E-state index contributed by atoms with van der Waals surface area (Å²) < 4.78 is 5.49. The molecule has 0 aromatic carbocycles. The van der Waals surface area contributed by atoms with E-state index >= 15 is 0 Å². The molecular formula is C18H21ClN6O3. The second kappa shape index (κ2) is 8.05. The third-order valence-corrected chi connectivity index (χ3v) is 5.23. The summed E-state index contributed by atoms with van der Waals surface area (Å²) in [5.41, 5.74) is 1.11. The van der Waals surface area contributed by atoms with Crippen LogP contribution in [-0.4, -0.2) is 46.4 Å². The first kappa shape index (κ1) is 18.5. The predicted octanol–water partition coefficient (Wildman–Crippen LogP) is 2.70. The first-order valence-corrected chi connectivity index (χ1v) is 9.68. The van der Waals surface area contributed by atoms with Crippen molar-refractivity contribution in [3.05, 3.63) is 34.6 Å². The van der Waals surface area contributed by atoms with Gasteiger partial charge in [0.05, 0.1) is 5.02 Å². The molecule has 0 unspecified atom stereocenters. The van der Waals surface area contributed by atoms with Gasteiger partial charge in [-0.1, -0.05) is 11.6 Å². The molecule has 2 aromatic heterocycles. The van der Waals surface area contributed by atoms with E-state index < -0.39 is 6.09 Å². The average molecular weight is 405 g/mol.